The molecule has 170 valence electrons. The molecule has 3 saturated heterocycles. The molecule has 1 atom stereocenters. The fraction of sp³-hybridized carbons (Fsp3) is 0.708. The Labute approximate surface area is 184 Å². The molecule has 7 nitrogen and oxygen atoms in total. The molecule has 0 aliphatic carbocycles. The highest BCUT2D eigenvalue weighted by Crippen LogP contribution is 2.32. The van der Waals surface area contributed by atoms with E-state index in [-0.39, 0.29) is 16.5 Å². The molecule has 3 fully saturated rings. The number of carbonyl (C=O) groups excluding carboxylic acids is 1. The van der Waals surface area contributed by atoms with E-state index in [2.05, 4.69) is 9.80 Å². The van der Waals surface area contributed by atoms with Gasteiger partial charge in [0.25, 0.3) is 5.69 Å². The van der Waals surface area contributed by atoms with Crippen LogP contribution in [0.4, 0.5) is 5.69 Å². The lowest BCUT2D eigenvalue weighted by Crippen LogP contribution is -2.50. The number of nitrogens with zero attached hydrogens (tertiary/aromatic N) is 3. The van der Waals surface area contributed by atoms with Crippen LogP contribution in [0.25, 0.3) is 0 Å². The van der Waals surface area contributed by atoms with Crippen LogP contribution in [0.2, 0.25) is 0 Å². The van der Waals surface area contributed by atoms with Crippen LogP contribution in [0.3, 0.4) is 0 Å². The Morgan fingerprint density at radius 3 is 2.35 bits per heavy atom. The van der Waals surface area contributed by atoms with Gasteiger partial charge in [-0.25, -0.2) is 0 Å². The third kappa shape index (κ3) is 5.63. The Morgan fingerprint density at radius 2 is 1.68 bits per heavy atom. The number of hydrogen-bond donors (Lipinski definition) is 0. The number of benzene rings is 1. The first-order valence-electron chi connectivity index (χ1n) is 12.0. The molecule has 0 unspecified atom stereocenters. The van der Waals surface area contributed by atoms with Gasteiger partial charge in [-0.1, -0.05) is 25.0 Å². The quantitative estimate of drug-likeness (QED) is 0.522. The van der Waals surface area contributed by atoms with Gasteiger partial charge in [-0.05, 0) is 63.1 Å². The number of likely N-dealkylation sites (tertiary alicyclic amines) is 2. The molecule has 3 heterocycles. The zero-order valence-corrected chi connectivity index (χ0v) is 18.4. The van der Waals surface area contributed by atoms with Crippen LogP contribution in [0.5, 0.6) is 0 Å². The Morgan fingerprint density at radius 1 is 0.968 bits per heavy atom. The number of hydrogen-bond acceptors (Lipinski definition) is 5. The summed E-state index contributed by atoms with van der Waals surface area (Å²) in [5.41, 5.74) is 1.26. The highest BCUT2D eigenvalue weighted by molar-refractivity contribution is 5.79. The van der Waals surface area contributed by atoms with E-state index < -0.39 is 0 Å². The highest BCUT2D eigenvalue weighted by atomic mass is 16.6. The van der Waals surface area contributed by atoms with Crippen molar-refractivity contribution in [3.05, 3.63) is 39.9 Å². The molecular formula is C24H35N3O4. The smallest absolute Gasteiger partial charge is 0.269 e. The molecule has 0 saturated carbocycles. The molecule has 0 bridgehead atoms. The molecule has 0 spiro atoms. The highest BCUT2D eigenvalue weighted by Gasteiger charge is 2.36. The summed E-state index contributed by atoms with van der Waals surface area (Å²) >= 11 is 0. The number of ether oxygens (including phenoxy) is 1. The Hall–Kier alpha value is -1.99. The van der Waals surface area contributed by atoms with E-state index in [0.717, 1.165) is 83.5 Å². The predicted octanol–water partition coefficient (Wildman–Crippen LogP) is 4.00. The maximum atomic E-state index is 13.4. The summed E-state index contributed by atoms with van der Waals surface area (Å²) in [6.45, 7) is 5.24. The van der Waals surface area contributed by atoms with Crippen molar-refractivity contribution in [3.8, 4) is 0 Å². The maximum Gasteiger partial charge on any atom is 0.269 e. The van der Waals surface area contributed by atoms with Gasteiger partial charge in [0.1, 0.15) is 0 Å². The van der Waals surface area contributed by atoms with Gasteiger partial charge in [0.2, 0.25) is 5.91 Å². The first-order valence-corrected chi connectivity index (χ1v) is 12.0. The topological polar surface area (TPSA) is 75.9 Å². The van der Waals surface area contributed by atoms with E-state index in [0.29, 0.717) is 17.9 Å². The molecule has 4 rings (SSSR count). The number of non-ortho nitro benzene ring substituents is 1. The van der Waals surface area contributed by atoms with Crippen LogP contribution in [0.1, 0.15) is 56.9 Å². The number of amides is 1. The van der Waals surface area contributed by atoms with Crippen LogP contribution in [0, 0.1) is 22.0 Å². The fourth-order valence-electron chi connectivity index (χ4n) is 5.55. The van der Waals surface area contributed by atoms with E-state index in [1.165, 1.54) is 12.8 Å². The van der Waals surface area contributed by atoms with Crippen molar-refractivity contribution in [2.45, 2.75) is 64.0 Å². The summed E-state index contributed by atoms with van der Waals surface area (Å²) in [6, 6.07) is 7.30. The first-order chi connectivity index (χ1) is 15.1. The van der Waals surface area contributed by atoms with Gasteiger partial charge in [-0.3, -0.25) is 19.8 Å². The van der Waals surface area contributed by atoms with Gasteiger partial charge in [-0.15, -0.1) is 0 Å². The zero-order valence-electron chi connectivity index (χ0n) is 18.4. The van der Waals surface area contributed by atoms with Crippen molar-refractivity contribution in [2.24, 2.45) is 11.8 Å². The molecule has 3 aliphatic heterocycles. The van der Waals surface area contributed by atoms with Gasteiger partial charge in [-0.2, -0.15) is 0 Å². The van der Waals surface area contributed by atoms with Gasteiger partial charge < -0.3 is 9.64 Å². The lowest BCUT2D eigenvalue weighted by Gasteiger charge is -2.42. The van der Waals surface area contributed by atoms with Crippen LogP contribution < -0.4 is 0 Å². The van der Waals surface area contributed by atoms with Crippen molar-refractivity contribution >= 4 is 11.6 Å². The Balaban J connectivity index is 1.34. The average molecular weight is 430 g/mol. The summed E-state index contributed by atoms with van der Waals surface area (Å²) < 4.78 is 5.47. The second-order valence-electron chi connectivity index (χ2n) is 9.37. The third-order valence-electron chi connectivity index (χ3n) is 7.38. The summed E-state index contributed by atoms with van der Waals surface area (Å²) in [6.07, 6.45) is 8.71. The molecule has 3 aliphatic rings. The van der Waals surface area contributed by atoms with E-state index in [9.17, 15) is 14.9 Å². The monoisotopic (exact) mass is 429 g/mol. The summed E-state index contributed by atoms with van der Waals surface area (Å²) in [5, 5.41) is 10.8. The molecule has 7 heteroatoms. The van der Waals surface area contributed by atoms with Crippen molar-refractivity contribution in [2.75, 3.05) is 32.8 Å². The maximum absolute atomic E-state index is 13.4. The van der Waals surface area contributed by atoms with Gasteiger partial charge in [0, 0.05) is 50.4 Å². The first kappa shape index (κ1) is 22.2. The summed E-state index contributed by atoms with van der Waals surface area (Å²) in [4.78, 5) is 28.6. The molecular weight excluding hydrogens is 394 g/mol. The largest absolute Gasteiger partial charge is 0.381 e. The van der Waals surface area contributed by atoms with E-state index >= 15 is 0 Å². The van der Waals surface area contributed by atoms with Crippen LogP contribution >= 0.6 is 0 Å². The SMILES string of the molecule is O=C(C1CCOCC1)N1CCCCC[C@@H]1C1CCN(Cc2ccc([N+](=O)[O-])cc2)CC1. The lowest BCUT2D eigenvalue weighted by molar-refractivity contribution is -0.384. The molecule has 1 aromatic rings. The van der Waals surface area contributed by atoms with Crippen LogP contribution in [-0.2, 0) is 16.1 Å². The number of nitro benzene ring substituents is 1. The van der Waals surface area contributed by atoms with Crippen molar-refractivity contribution in [3.63, 3.8) is 0 Å². The van der Waals surface area contributed by atoms with E-state index in [1.54, 1.807) is 12.1 Å². The average Bonchev–Trinajstić information content (AvgIpc) is 3.06. The number of rotatable bonds is 5. The number of nitro groups is 1. The minimum Gasteiger partial charge on any atom is -0.381 e. The number of piperidine rings is 1. The zero-order chi connectivity index (χ0) is 21.6. The van der Waals surface area contributed by atoms with Gasteiger partial charge >= 0.3 is 0 Å². The van der Waals surface area contributed by atoms with Crippen molar-refractivity contribution in [1.82, 2.24) is 9.80 Å². The molecule has 31 heavy (non-hydrogen) atoms. The van der Waals surface area contributed by atoms with Gasteiger partial charge in [0.15, 0.2) is 0 Å². The normalized spacial score (nSPS) is 24.6. The number of carbonyl (C=O) groups is 1. The molecule has 1 amide bonds. The second kappa shape index (κ2) is 10.6. The Kier molecular flexibility index (Phi) is 7.56. The lowest BCUT2D eigenvalue weighted by atomic mass is 9.85. The minimum absolute atomic E-state index is 0.144. The summed E-state index contributed by atoms with van der Waals surface area (Å²) in [7, 11) is 0. The molecule has 1 aromatic carbocycles. The Bertz CT molecular complexity index is 740. The van der Waals surface area contributed by atoms with Gasteiger partial charge in [0.05, 0.1) is 4.92 Å². The predicted molar refractivity (Wildman–Crippen MR) is 119 cm³/mol. The van der Waals surface area contributed by atoms with Crippen LogP contribution in [0.15, 0.2) is 24.3 Å². The van der Waals surface area contributed by atoms with Crippen LogP contribution in [-0.4, -0.2) is 59.5 Å². The summed E-state index contributed by atoms with van der Waals surface area (Å²) in [5.74, 6) is 1.11. The molecule has 0 aromatic heterocycles. The standard InChI is InChI=1S/C24H35N3O4/c28-24(21-11-16-31-17-12-21)26-13-3-1-2-4-23(26)20-9-14-25(15-10-20)18-19-5-7-22(8-6-19)27(29)30/h5-8,20-21,23H,1-4,9-18H2/t23-/m1/s1. The second-order valence-corrected chi connectivity index (χ2v) is 9.37. The van der Waals surface area contributed by atoms with Crippen molar-refractivity contribution < 1.29 is 14.5 Å². The van der Waals surface area contributed by atoms with E-state index in [4.69, 9.17) is 4.74 Å². The molecule has 0 radical (unpaired) electrons. The minimum atomic E-state index is -0.352. The van der Waals surface area contributed by atoms with Crippen molar-refractivity contribution in [1.29, 1.82) is 0 Å². The third-order valence-corrected chi connectivity index (χ3v) is 7.38. The fourth-order valence-corrected chi connectivity index (χ4v) is 5.55. The molecule has 0 N–H and O–H groups in total. The van der Waals surface area contributed by atoms with E-state index in [1.807, 2.05) is 12.1 Å².